The summed E-state index contributed by atoms with van der Waals surface area (Å²) in [7, 11) is 0. The van der Waals surface area contributed by atoms with Crippen molar-refractivity contribution in [2.45, 2.75) is 38.8 Å². The number of nitrogens with zero attached hydrogens (tertiary/aromatic N) is 5. The van der Waals surface area contributed by atoms with Crippen LogP contribution in [0.1, 0.15) is 31.7 Å². The first-order chi connectivity index (χ1) is 9.76. The van der Waals surface area contributed by atoms with Gasteiger partial charge in [-0.15, -0.1) is 0 Å². The van der Waals surface area contributed by atoms with E-state index in [1.165, 1.54) is 5.56 Å². The van der Waals surface area contributed by atoms with Crippen molar-refractivity contribution < 1.29 is 0 Å². The van der Waals surface area contributed by atoms with E-state index in [0.29, 0.717) is 6.42 Å². The van der Waals surface area contributed by atoms with Gasteiger partial charge in [-0.3, -0.25) is 4.90 Å². The van der Waals surface area contributed by atoms with Crippen molar-refractivity contribution in [2.24, 2.45) is 5.11 Å². The van der Waals surface area contributed by atoms with Gasteiger partial charge in [0, 0.05) is 23.9 Å². The van der Waals surface area contributed by atoms with Crippen LogP contribution in [0, 0.1) is 11.3 Å². The van der Waals surface area contributed by atoms with Crippen molar-refractivity contribution in [2.75, 3.05) is 13.1 Å². The van der Waals surface area contributed by atoms with Gasteiger partial charge < -0.3 is 0 Å². The fourth-order valence-corrected chi connectivity index (χ4v) is 2.01. The highest BCUT2D eigenvalue weighted by Crippen LogP contribution is 2.08. The molecule has 0 aliphatic heterocycles. The fourth-order valence-electron chi connectivity index (χ4n) is 2.01. The van der Waals surface area contributed by atoms with Crippen LogP contribution in [-0.2, 0) is 6.54 Å². The van der Waals surface area contributed by atoms with Crippen LogP contribution in [0.5, 0.6) is 0 Å². The van der Waals surface area contributed by atoms with Gasteiger partial charge in [0.05, 0.1) is 6.07 Å². The van der Waals surface area contributed by atoms with Crippen LogP contribution in [0.3, 0.4) is 0 Å². The zero-order valence-corrected chi connectivity index (χ0v) is 11.9. The van der Waals surface area contributed by atoms with Gasteiger partial charge in [-0.05, 0) is 37.0 Å². The molecule has 5 heteroatoms. The van der Waals surface area contributed by atoms with Crippen molar-refractivity contribution in [1.29, 1.82) is 5.26 Å². The molecule has 5 nitrogen and oxygen atoms in total. The van der Waals surface area contributed by atoms with Crippen LogP contribution >= 0.6 is 0 Å². The molecule has 0 spiro atoms. The average Bonchev–Trinajstić information content (AvgIpc) is 2.46. The van der Waals surface area contributed by atoms with Gasteiger partial charge in [-0.2, -0.15) is 5.26 Å². The van der Waals surface area contributed by atoms with Crippen molar-refractivity contribution in [3.63, 3.8) is 0 Å². The van der Waals surface area contributed by atoms with Crippen molar-refractivity contribution >= 4 is 0 Å². The Morgan fingerprint density at radius 1 is 1.35 bits per heavy atom. The lowest BCUT2D eigenvalue weighted by Gasteiger charge is -2.22. The van der Waals surface area contributed by atoms with E-state index >= 15 is 0 Å². The lowest BCUT2D eigenvalue weighted by Crippen LogP contribution is -2.27. The van der Waals surface area contributed by atoms with Gasteiger partial charge in [0.1, 0.15) is 0 Å². The molecule has 0 aliphatic carbocycles. The summed E-state index contributed by atoms with van der Waals surface area (Å²) >= 11 is 0. The summed E-state index contributed by atoms with van der Waals surface area (Å²) in [5, 5.41) is 12.3. The SMILES string of the molecule is CC(CCN(CCCC#N)Cc1ccccc1)N=[N+]=[N-]. The van der Waals surface area contributed by atoms with Crippen LogP contribution < -0.4 is 0 Å². The highest BCUT2D eigenvalue weighted by molar-refractivity contribution is 5.14. The van der Waals surface area contributed by atoms with Crippen LogP contribution in [0.15, 0.2) is 35.4 Å². The Hall–Kier alpha value is -2.02. The third kappa shape index (κ3) is 6.79. The van der Waals surface area contributed by atoms with Gasteiger partial charge >= 0.3 is 0 Å². The topological polar surface area (TPSA) is 75.8 Å². The Morgan fingerprint density at radius 2 is 2.10 bits per heavy atom. The van der Waals surface area contributed by atoms with Crippen molar-refractivity contribution in [3.8, 4) is 6.07 Å². The summed E-state index contributed by atoms with van der Waals surface area (Å²) < 4.78 is 0. The summed E-state index contributed by atoms with van der Waals surface area (Å²) in [5.74, 6) is 0. The van der Waals surface area contributed by atoms with E-state index < -0.39 is 0 Å². The van der Waals surface area contributed by atoms with Crippen LogP contribution in [0.4, 0.5) is 0 Å². The molecule has 1 unspecified atom stereocenters. The van der Waals surface area contributed by atoms with E-state index in [1.807, 2.05) is 25.1 Å². The molecule has 0 bridgehead atoms. The normalized spacial score (nSPS) is 11.7. The molecule has 0 amide bonds. The fraction of sp³-hybridized carbons (Fsp3) is 0.533. The second kappa shape index (κ2) is 9.85. The van der Waals surface area contributed by atoms with Gasteiger partial charge in [-0.25, -0.2) is 0 Å². The number of hydrogen-bond acceptors (Lipinski definition) is 3. The van der Waals surface area contributed by atoms with E-state index in [0.717, 1.165) is 32.5 Å². The minimum absolute atomic E-state index is 0.00856. The lowest BCUT2D eigenvalue weighted by atomic mass is 10.1. The molecular formula is C15H21N5. The van der Waals surface area contributed by atoms with Crippen LogP contribution in [0.25, 0.3) is 10.4 Å². The average molecular weight is 271 g/mol. The zero-order valence-electron chi connectivity index (χ0n) is 11.9. The predicted octanol–water partition coefficient (Wildman–Crippen LogP) is 3.88. The number of benzene rings is 1. The second-order valence-electron chi connectivity index (χ2n) is 4.87. The minimum Gasteiger partial charge on any atom is -0.299 e. The third-order valence-electron chi connectivity index (χ3n) is 3.12. The smallest absolute Gasteiger partial charge is 0.0622 e. The Kier molecular flexibility index (Phi) is 7.90. The Bertz CT molecular complexity index is 459. The number of unbranched alkanes of at least 4 members (excludes halogenated alkanes) is 1. The summed E-state index contributed by atoms with van der Waals surface area (Å²) in [6.45, 7) is 4.57. The van der Waals surface area contributed by atoms with E-state index in [9.17, 15) is 0 Å². The second-order valence-corrected chi connectivity index (χ2v) is 4.87. The highest BCUT2D eigenvalue weighted by atomic mass is 15.2. The molecule has 0 aliphatic rings. The van der Waals surface area contributed by atoms with E-state index in [4.69, 9.17) is 10.8 Å². The molecule has 0 aromatic heterocycles. The monoisotopic (exact) mass is 271 g/mol. The first-order valence-electron chi connectivity index (χ1n) is 6.93. The Labute approximate surface area is 120 Å². The predicted molar refractivity (Wildman–Crippen MR) is 79.8 cm³/mol. The Morgan fingerprint density at radius 3 is 2.75 bits per heavy atom. The first-order valence-corrected chi connectivity index (χ1v) is 6.93. The number of rotatable bonds is 9. The molecule has 0 fully saturated rings. The summed E-state index contributed by atoms with van der Waals surface area (Å²) in [6, 6.07) is 12.5. The van der Waals surface area contributed by atoms with E-state index in [1.54, 1.807) is 0 Å². The van der Waals surface area contributed by atoms with Gasteiger partial charge in [0.25, 0.3) is 0 Å². The quantitative estimate of drug-likeness (QED) is 0.296. The van der Waals surface area contributed by atoms with Crippen LogP contribution in [0.2, 0.25) is 0 Å². The summed E-state index contributed by atoms with van der Waals surface area (Å²) in [5.41, 5.74) is 9.68. The largest absolute Gasteiger partial charge is 0.299 e. The maximum Gasteiger partial charge on any atom is 0.0622 e. The van der Waals surface area contributed by atoms with Gasteiger partial charge in [0.15, 0.2) is 0 Å². The standard InChI is InChI=1S/C15H21N5/c1-14(18-19-17)9-12-20(11-6-5-10-16)13-15-7-3-2-4-8-15/h2-4,7-8,14H,5-6,9,11-13H2,1H3. The molecule has 0 saturated heterocycles. The van der Waals surface area contributed by atoms with Crippen molar-refractivity contribution in [1.82, 2.24) is 4.90 Å². The molecule has 1 aromatic rings. The molecule has 0 saturated carbocycles. The van der Waals surface area contributed by atoms with Crippen molar-refractivity contribution in [3.05, 3.63) is 46.3 Å². The zero-order chi connectivity index (χ0) is 14.6. The minimum atomic E-state index is 0.00856. The Balaban J connectivity index is 2.51. The molecule has 1 aromatic carbocycles. The molecular weight excluding hydrogens is 250 g/mol. The molecule has 0 N–H and O–H groups in total. The molecule has 0 radical (unpaired) electrons. The van der Waals surface area contributed by atoms with Crippen LogP contribution in [-0.4, -0.2) is 24.0 Å². The molecule has 1 atom stereocenters. The molecule has 1 rings (SSSR count). The molecule has 20 heavy (non-hydrogen) atoms. The molecule has 106 valence electrons. The molecule has 0 heterocycles. The maximum atomic E-state index is 8.63. The van der Waals surface area contributed by atoms with Gasteiger partial charge in [-0.1, -0.05) is 42.4 Å². The number of azide groups is 1. The summed E-state index contributed by atoms with van der Waals surface area (Å²) in [4.78, 5) is 5.15. The maximum absolute atomic E-state index is 8.63. The summed E-state index contributed by atoms with van der Waals surface area (Å²) in [6.07, 6.45) is 2.29. The number of nitriles is 1. The van der Waals surface area contributed by atoms with Gasteiger partial charge in [0.2, 0.25) is 0 Å². The van der Waals surface area contributed by atoms with E-state index in [2.05, 4.69) is 33.1 Å². The lowest BCUT2D eigenvalue weighted by molar-refractivity contribution is 0.254. The number of hydrogen-bond donors (Lipinski definition) is 0. The first kappa shape index (κ1) is 16.0. The third-order valence-corrected chi connectivity index (χ3v) is 3.12. The highest BCUT2D eigenvalue weighted by Gasteiger charge is 2.08. The van der Waals surface area contributed by atoms with E-state index in [-0.39, 0.29) is 6.04 Å².